The Morgan fingerprint density at radius 1 is 1.11 bits per heavy atom. The summed E-state index contributed by atoms with van der Waals surface area (Å²) >= 11 is 5.86. The summed E-state index contributed by atoms with van der Waals surface area (Å²) in [5.74, 6) is 1.34. The molecule has 1 aliphatic rings. The van der Waals surface area contributed by atoms with E-state index in [1.165, 1.54) is 0 Å². The molecule has 1 amide bonds. The average Bonchev–Trinajstić information content (AvgIpc) is 3.22. The third kappa shape index (κ3) is 4.49. The number of halogens is 1. The molecular formula is C20H19ClN4O3. The molecule has 0 saturated carbocycles. The highest BCUT2D eigenvalue weighted by atomic mass is 35.5. The lowest BCUT2D eigenvalue weighted by atomic mass is 10.1. The van der Waals surface area contributed by atoms with Crippen LogP contribution in [0, 0.1) is 0 Å². The third-order valence-electron chi connectivity index (χ3n) is 4.43. The van der Waals surface area contributed by atoms with E-state index in [9.17, 15) is 4.79 Å². The van der Waals surface area contributed by atoms with Crippen molar-refractivity contribution in [3.8, 4) is 11.5 Å². The van der Waals surface area contributed by atoms with Crippen molar-refractivity contribution in [2.45, 2.75) is 18.9 Å². The molecule has 3 aromatic rings. The standard InChI is InChI=1S/C20H19ClN4O3/c21-14-1-3-16(4-2-14)28-17-5-6-19(22-13-17)23-20(26)18-7-10-25(24-18)15-8-11-27-12-9-15/h1-7,10,13,15H,8-9,11-12H2,(H,22,23,26). The van der Waals surface area contributed by atoms with Crippen LogP contribution in [0.15, 0.2) is 54.9 Å². The number of hydrogen-bond acceptors (Lipinski definition) is 5. The molecule has 144 valence electrons. The second-order valence-corrected chi connectivity index (χ2v) is 6.85. The van der Waals surface area contributed by atoms with Crippen LogP contribution in [-0.2, 0) is 4.74 Å². The van der Waals surface area contributed by atoms with Gasteiger partial charge in [-0.1, -0.05) is 11.6 Å². The van der Waals surface area contributed by atoms with Crippen LogP contribution in [0.25, 0.3) is 0 Å². The summed E-state index contributed by atoms with van der Waals surface area (Å²) in [7, 11) is 0. The molecule has 28 heavy (non-hydrogen) atoms. The van der Waals surface area contributed by atoms with E-state index in [1.54, 1.807) is 48.7 Å². The minimum Gasteiger partial charge on any atom is -0.456 e. The molecule has 2 aromatic heterocycles. The molecule has 0 aliphatic carbocycles. The van der Waals surface area contributed by atoms with E-state index in [2.05, 4.69) is 15.4 Å². The van der Waals surface area contributed by atoms with Crippen LogP contribution in [0.5, 0.6) is 11.5 Å². The van der Waals surface area contributed by atoms with Crippen LogP contribution in [-0.4, -0.2) is 33.9 Å². The Balaban J connectivity index is 1.36. The summed E-state index contributed by atoms with van der Waals surface area (Å²) < 4.78 is 12.9. The molecule has 0 spiro atoms. The summed E-state index contributed by atoms with van der Waals surface area (Å²) in [6, 6.07) is 12.4. The Morgan fingerprint density at radius 3 is 2.57 bits per heavy atom. The van der Waals surface area contributed by atoms with Crippen LogP contribution in [0.1, 0.15) is 29.4 Å². The van der Waals surface area contributed by atoms with Crippen molar-refractivity contribution in [2.24, 2.45) is 0 Å². The van der Waals surface area contributed by atoms with E-state index in [1.807, 2.05) is 10.9 Å². The van der Waals surface area contributed by atoms with Crippen LogP contribution >= 0.6 is 11.6 Å². The molecule has 4 rings (SSSR count). The van der Waals surface area contributed by atoms with E-state index < -0.39 is 0 Å². The molecular weight excluding hydrogens is 380 g/mol. The second kappa shape index (κ2) is 8.41. The lowest BCUT2D eigenvalue weighted by molar-refractivity contribution is 0.0661. The fraction of sp³-hybridized carbons (Fsp3) is 0.250. The number of nitrogens with one attached hydrogen (secondary N) is 1. The molecule has 0 unspecified atom stereocenters. The summed E-state index contributed by atoms with van der Waals surface area (Å²) in [6.45, 7) is 1.45. The predicted octanol–water partition coefficient (Wildman–Crippen LogP) is 4.33. The lowest BCUT2D eigenvalue weighted by Crippen LogP contribution is -2.21. The number of aromatic nitrogens is 3. The first-order valence-corrected chi connectivity index (χ1v) is 9.39. The van der Waals surface area contributed by atoms with Crippen LogP contribution < -0.4 is 10.1 Å². The molecule has 7 nitrogen and oxygen atoms in total. The number of pyridine rings is 1. The van der Waals surface area contributed by atoms with E-state index in [-0.39, 0.29) is 11.9 Å². The maximum atomic E-state index is 12.4. The van der Waals surface area contributed by atoms with Gasteiger partial charge < -0.3 is 14.8 Å². The fourth-order valence-electron chi connectivity index (χ4n) is 2.95. The van der Waals surface area contributed by atoms with Crippen molar-refractivity contribution in [1.82, 2.24) is 14.8 Å². The first-order chi connectivity index (χ1) is 13.7. The monoisotopic (exact) mass is 398 g/mol. The van der Waals surface area contributed by atoms with Gasteiger partial charge >= 0.3 is 0 Å². The van der Waals surface area contributed by atoms with E-state index in [4.69, 9.17) is 21.1 Å². The molecule has 8 heteroatoms. The van der Waals surface area contributed by atoms with Crippen molar-refractivity contribution in [3.05, 3.63) is 65.6 Å². The van der Waals surface area contributed by atoms with Gasteiger partial charge in [0, 0.05) is 24.4 Å². The van der Waals surface area contributed by atoms with Crippen LogP contribution in [0.3, 0.4) is 0 Å². The number of carbonyl (C=O) groups is 1. The summed E-state index contributed by atoms with van der Waals surface area (Å²) in [4.78, 5) is 16.6. The van der Waals surface area contributed by atoms with Crippen molar-refractivity contribution in [1.29, 1.82) is 0 Å². The zero-order chi connectivity index (χ0) is 19.3. The lowest BCUT2D eigenvalue weighted by Gasteiger charge is -2.22. The highest BCUT2D eigenvalue weighted by molar-refractivity contribution is 6.30. The molecule has 1 aromatic carbocycles. The molecule has 1 N–H and O–H groups in total. The summed E-state index contributed by atoms with van der Waals surface area (Å²) in [5, 5.41) is 7.79. The zero-order valence-corrected chi connectivity index (χ0v) is 15.8. The number of hydrogen-bond donors (Lipinski definition) is 1. The Bertz CT molecular complexity index is 935. The Kier molecular flexibility index (Phi) is 5.55. The number of ether oxygens (including phenoxy) is 2. The maximum Gasteiger partial charge on any atom is 0.277 e. The number of anilines is 1. The van der Waals surface area contributed by atoms with E-state index in [0.717, 1.165) is 26.1 Å². The van der Waals surface area contributed by atoms with Crippen molar-refractivity contribution < 1.29 is 14.3 Å². The smallest absolute Gasteiger partial charge is 0.277 e. The molecule has 0 radical (unpaired) electrons. The highest BCUT2D eigenvalue weighted by Gasteiger charge is 2.18. The molecule has 0 atom stereocenters. The van der Waals surface area contributed by atoms with E-state index >= 15 is 0 Å². The van der Waals surface area contributed by atoms with Gasteiger partial charge in [-0.3, -0.25) is 9.48 Å². The van der Waals surface area contributed by atoms with Gasteiger partial charge in [0.05, 0.1) is 12.2 Å². The SMILES string of the molecule is O=C(Nc1ccc(Oc2ccc(Cl)cc2)cn1)c1ccn(C2CCOCC2)n1. The summed E-state index contributed by atoms with van der Waals surface area (Å²) in [6.07, 6.45) is 5.19. The third-order valence-corrected chi connectivity index (χ3v) is 4.69. The zero-order valence-electron chi connectivity index (χ0n) is 15.0. The second-order valence-electron chi connectivity index (χ2n) is 6.41. The summed E-state index contributed by atoms with van der Waals surface area (Å²) in [5.41, 5.74) is 0.356. The van der Waals surface area contributed by atoms with Gasteiger partial charge in [0.2, 0.25) is 0 Å². The maximum absolute atomic E-state index is 12.4. The molecule has 3 heterocycles. The number of benzene rings is 1. The minimum atomic E-state index is -0.301. The Morgan fingerprint density at radius 2 is 1.86 bits per heavy atom. The van der Waals surface area contributed by atoms with Gasteiger partial charge in [-0.05, 0) is 55.3 Å². The van der Waals surface area contributed by atoms with Gasteiger partial charge in [0.25, 0.3) is 5.91 Å². The van der Waals surface area contributed by atoms with Gasteiger partial charge in [-0.2, -0.15) is 5.10 Å². The average molecular weight is 399 g/mol. The first-order valence-electron chi connectivity index (χ1n) is 9.01. The fourth-order valence-corrected chi connectivity index (χ4v) is 3.07. The predicted molar refractivity (Wildman–Crippen MR) is 105 cm³/mol. The largest absolute Gasteiger partial charge is 0.456 e. The van der Waals surface area contributed by atoms with Gasteiger partial charge in [-0.15, -0.1) is 0 Å². The number of carbonyl (C=O) groups excluding carboxylic acids is 1. The first kappa shape index (κ1) is 18.5. The number of amides is 1. The van der Waals surface area contributed by atoms with Crippen molar-refractivity contribution in [3.63, 3.8) is 0 Å². The topological polar surface area (TPSA) is 78.3 Å². The molecule has 1 saturated heterocycles. The minimum absolute atomic E-state index is 0.276. The number of rotatable bonds is 5. The normalized spacial score (nSPS) is 14.6. The van der Waals surface area contributed by atoms with Crippen LogP contribution in [0.4, 0.5) is 5.82 Å². The number of nitrogens with zero attached hydrogens (tertiary/aromatic N) is 3. The molecule has 0 bridgehead atoms. The van der Waals surface area contributed by atoms with Gasteiger partial charge in [-0.25, -0.2) is 4.98 Å². The Hall–Kier alpha value is -2.90. The Labute approximate surface area is 167 Å². The van der Waals surface area contributed by atoms with Crippen molar-refractivity contribution in [2.75, 3.05) is 18.5 Å². The van der Waals surface area contributed by atoms with Gasteiger partial charge in [0.1, 0.15) is 17.3 Å². The van der Waals surface area contributed by atoms with E-state index in [0.29, 0.717) is 28.0 Å². The highest BCUT2D eigenvalue weighted by Crippen LogP contribution is 2.23. The molecule has 1 fully saturated rings. The van der Waals surface area contributed by atoms with Crippen molar-refractivity contribution >= 4 is 23.3 Å². The van der Waals surface area contributed by atoms with Gasteiger partial charge in [0.15, 0.2) is 5.69 Å². The van der Waals surface area contributed by atoms with Crippen LogP contribution in [0.2, 0.25) is 5.02 Å². The quantitative estimate of drug-likeness (QED) is 0.692. The molecule has 1 aliphatic heterocycles.